The molecule has 0 atom stereocenters. The van der Waals surface area contributed by atoms with E-state index in [1.807, 2.05) is 49.0 Å². The highest BCUT2D eigenvalue weighted by Gasteiger charge is 2.18. The van der Waals surface area contributed by atoms with Gasteiger partial charge in [0, 0.05) is 31.5 Å². The Kier molecular flexibility index (Phi) is 5.11. The van der Waals surface area contributed by atoms with Crippen LogP contribution in [-0.2, 0) is 13.6 Å². The number of nitrogens with one attached hydrogen (secondary N) is 1. The maximum atomic E-state index is 6.01. The third kappa shape index (κ3) is 3.76. The molecule has 1 aliphatic heterocycles. The van der Waals surface area contributed by atoms with Crippen LogP contribution in [0.3, 0.4) is 0 Å². The van der Waals surface area contributed by atoms with E-state index in [9.17, 15) is 0 Å². The van der Waals surface area contributed by atoms with E-state index < -0.39 is 0 Å². The standard InChI is InChI=1S/C23H24N6O2/c1-15-20-21(29(2)28-15)19-13-18(27-20)17-8-6-10-25-23(17)31-12-4-3-11-30-22-16(14-26-19)7-5-9-24-22/h5-10,13,26H,3-4,11-12,14H2,1-2H3. The molecule has 0 spiro atoms. The number of rotatable bonds is 0. The van der Waals surface area contributed by atoms with Crippen molar-refractivity contribution in [2.24, 2.45) is 7.05 Å². The summed E-state index contributed by atoms with van der Waals surface area (Å²) < 4.78 is 13.8. The lowest BCUT2D eigenvalue weighted by molar-refractivity contribution is 0.256. The van der Waals surface area contributed by atoms with Gasteiger partial charge in [-0.05, 0) is 44.0 Å². The van der Waals surface area contributed by atoms with Gasteiger partial charge in [0.25, 0.3) is 0 Å². The van der Waals surface area contributed by atoms with Gasteiger partial charge in [-0.2, -0.15) is 5.10 Å². The predicted octanol–water partition coefficient (Wildman–Crippen LogP) is 3.90. The number of aromatic nitrogens is 5. The van der Waals surface area contributed by atoms with E-state index in [0.29, 0.717) is 31.5 Å². The van der Waals surface area contributed by atoms with E-state index in [-0.39, 0.29) is 0 Å². The van der Waals surface area contributed by atoms with E-state index in [2.05, 4.69) is 20.4 Å². The molecule has 1 aliphatic rings. The Balaban J connectivity index is 1.66. The highest BCUT2D eigenvalue weighted by molar-refractivity contribution is 5.93. The van der Waals surface area contributed by atoms with E-state index >= 15 is 0 Å². The quantitative estimate of drug-likeness (QED) is 0.465. The van der Waals surface area contributed by atoms with Gasteiger partial charge in [-0.1, -0.05) is 6.07 Å². The maximum Gasteiger partial charge on any atom is 0.222 e. The third-order valence-electron chi connectivity index (χ3n) is 5.34. The summed E-state index contributed by atoms with van der Waals surface area (Å²) in [6.45, 7) is 3.69. The Labute approximate surface area is 180 Å². The molecule has 0 unspecified atom stereocenters. The zero-order chi connectivity index (χ0) is 21.2. The number of ether oxygens (including phenoxy) is 2. The zero-order valence-corrected chi connectivity index (χ0v) is 17.6. The maximum absolute atomic E-state index is 6.01. The van der Waals surface area contributed by atoms with Crippen molar-refractivity contribution in [3.8, 4) is 23.0 Å². The van der Waals surface area contributed by atoms with Crippen molar-refractivity contribution in [1.82, 2.24) is 24.7 Å². The first kappa shape index (κ1) is 19.3. The van der Waals surface area contributed by atoms with Gasteiger partial charge >= 0.3 is 0 Å². The highest BCUT2D eigenvalue weighted by atomic mass is 16.5. The first-order chi connectivity index (χ1) is 15.2. The number of hydrogen-bond donors (Lipinski definition) is 1. The average molecular weight is 416 g/mol. The van der Waals surface area contributed by atoms with Crippen LogP contribution >= 0.6 is 0 Å². The SMILES string of the molecule is Cc1nn(C)c2c3cc(nc12)-c1cccnc1OCCCCOc1ncccc1CN3. The molecule has 0 aromatic carbocycles. The Hall–Kier alpha value is -3.68. The van der Waals surface area contributed by atoms with Crippen molar-refractivity contribution in [3.05, 3.63) is 54.0 Å². The third-order valence-corrected chi connectivity index (χ3v) is 5.34. The molecule has 5 heterocycles. The molecule has 0 radical (unpaired) electrons. The summed E-state index contributed by atoms with van der Waals surface area (Å²) in [5.74, 6) is 1.24. The number of hydrogen-bond acceptors (Lipinski definition) is 7. The van der Waals surface area contributed by atoms with Crippen molar-refractivity contribution in [2.45, 2.75) is 26.3 Å². The Morgan fingerprint density at radius 1 is 1.00 bits per heavy atom. The van der Waals surface area contributed by atoms with E-state index in [1.165, 1.54) is 0 Å². The Morgan fingerprint density at radius 3 is 2.58 bits per heavy atom. The summed E-state index contributed by atoms with van der Waals surface area (Å²) in [6.07, 6.45) is 5.22. The van der Waals surface area contributed by atoms with Crippen molar-refractivity contribution < 1.29 is 9.47 Å². The molecule has 31 heavy (non-hydrogen) atoms. The fourth-order valence-electron chi connectivity index (χ4n) is 3.83. The second-order valence-electron chi connectivity index (χ2n) is 7.54. The van der Waals surface area contributed by atoms with Gasteiger partial charge in [0.2, 0.25) is 11.8 Å². The Morgan fingerprint density at radius 2 is 1.74 bits per heavy atom. The fourth-order valence-corrected chi connectivity index (χ4v) is 3.83. The van der Waals surface area contributed by atoms with Gasteiger partial charge < -0.3 is 14.8 Å². The zero-order valence-electron chi connectivity index (χ0n) is 17.6. The van der Waals surface area contributed by atoms with Crippen LogP contribution in [0.5, 0.6) is 11.8 Å². The minimum atomic E-state index is 0.557. The molecule has 0 amide bonds. The van der Waals surface area contributed by atoms with Crippen LogP contribution in [0, 0.1) is 6.92 Å². The van der Waals surface area contributed by atoms with Crippen molar-refractivity contribution >= 4 is 16.7 Å². The molecular formula is C23H24N6O2. The van der Waals surface area contributed by atoms with Crippen LogP contribution in [-0.4, -0.2) is 37.9 Å². The first-order valence-electron chi connectivity index (χ1n) is 10.4. The summed E-state index contributed by atoms with van der Waals surface area (Å²) in [5, 5.41) is 8.14. The van der Waals surface area contributed by atoms with Crippen LogP contribution in [0.1, 0.15) is 24.1 Å². The summed E-state index contributed by atoms with van der Waals surface area (Å²) in [4.78, 5) is 13.8. The molecule has 0 saturated carbocycles. The molecule has 8 nitrogen and oxygen atoms in total. The van der Waals surface area contributed by atoms with Crippen LogP contribution in [0.4, 0.5) is 5.69 Å². The smallest absolute Gasteiger partial charge is 0.222 e. The van der Waals surface area contributed by atoms with E-state index in [4.69, 9.17) is 14.5 Å². The molecule has 5 rings (SSSR count). The van der Waals surface area contributed by atoms with Crippen LogP contribution < -0.4 is 14.8 Å². The van der Waals surface area contributed by atoms with Crippen molar-refractivity contribution in [3.63, 3.8) is 0 Å². The molecular weight excluding hydrogens is 392 g/mol. The number of pyridine rings is 3. The monoisotopic (exact) mass is 416 g/mol. The van der Waals surface area contributed by atoms with Gasteiger partial charge in [-0.3, -0.25) is 4.68 Å². The number of nitrogens with zero attached hydrogens (tertiary/aromatic N) is 5. The molecule has 8 heteroatoms. The van der Waals surface area contributed by atoms with Crippen molar-refractivity contribution in [1.29, 1.82) is 0 Å². The molecule has 0 aliphatic carbocycles. The van der Waals surface area contributed by atoms with Gasteiger partial charge in [0.1, 0.15) is 11.0 Å². The van der Waals surface area contributed by atoms with Gasteiger partial charge in [0.05, 0.1) is 35.9 Å². The number of fused-ring (bicyclic) bond motifs is 7. The van der Waals surface area contributed by atoms with Crippen LogP contribution in [0.15, 0.2) is 42.7 Å². The summed E-state index contributed by atoms with van der Waals surface area (Å²) in [5.41, 5.74) is 6.27. The van der Waals surface area contributed by atoms with Crippen molar-refractivity contribution in [2.75, 3.05) is 18.5 Å². The molecule has 0 saturated heterocycles. The minimum absolute atomic E-state index is 0.557. The summed E-state index contributed by atoms with van der Waals surface area (Å²) in [6, 6.07) is 9.89. The van der Waals surface area contributed by atoms with Crippen LogP contribution in [0.2, 0.25) is 0 Å². The highest BCUT2D eigenvalue weighted by Crippen LogP contribution is 2.34. The lowest BCUT2D eigenvalue weighted by Gasteiger charge is -2.14. The molecule has 158 valence electrons. The lowest BCUT2D eigenvalue weighted by Crippen LogP contribution is -2.07. The minimum Gasteiger partial charge on any atom is -0.477 e. The van der Waals surface area contributed by atoms with Crippen LogP contribution in [0.25, 0.3) is 22.3 Å². The fraction of sp³-hybridized carbons (Fsp3) is 0.304. The van der Waals surface area contributed by atoms with Gasteiger partial charge in [-0.25, -0.2) is 15.0 Å². The largest absolute Gasteiger partial charge is 0.477 e. The normalized spacial score (nSPS) is 14.3. The Bertz CT molecular complexity index is 1240. The van der Waals surface area contributed by atoms with Gasteiger partial charge in [0.15, 0.2) is 0 Å². The first-order valence-corrected chi connectivity index (χ1v) is 10.4. The predicted molar refractivity (Wildman–Crippen MR) is 118 cm³/mol. The van der Waals surface area contributed by atoms with E-state index in [1.54, 1.807) is 12.4 Å². The number of aryl methyl sites for hydroxylation is 2. The second-order valence-corrected chi connectivity index (χ2v) is 7.54. The number of anilines is 1. The topological polar surface area (TPSA) is 87.0 Å². The summed E-state index contributed by atoms with van der Waals surface area (Å²) >= 11 is 0. The molecule has 4 aromatic rings. The van der Waals surface area contributed by atoms with Gasteiger partial charge in [-0.15, -0.1) is 0 Å². The molecule has 2 bridgehead atoms. The van der Waals surface area contributed by atoms with E-state index in [0.717, 1.165) is 52.1 Å². The molecule has 4 aromatic heterocycles. The molecule has 1 N–H and O–H groups in total. The molecule has 0 fully saturated rings. The lowest BCUT2D eigenvalue weighted by atomic mass is 10.1. The average Bonchev–Trinajstić information content (AvgIpc) is 3.08. The second kappa shape index (κ2) is 8.22. The summed E-state index contributed by atoms with van der Waals surface area (Å²) in [7, 11) is 1.93.